The standard InChI is InChI=1S/C10H20O2.C9H16O4.C6H10O4/c1-2-3-4-5-6-7-8-9-10(11)12;10-8(11)6-4-2-1-3-5-7-9(12)13;7-5(8)3-1-2-4-6(9)10/h2-9H2,1H3,(H,11,12);1-7H2,(H,10,11)(H,12,13);1-4H2,(H,7,8)(H,9,10). The van der Waals surface area contributed by atoms with Crippen LogP contribution in [0.3, 0.4) is 0 Å². The highest BCUT2D eigenvalue weighted by molar-refractivity contribution is 5.68. The molecule has 0 rings (SSSR count). The van der Waals surface area contributed by atoms with E-state index in [4.69, 9.17) is 25.5 Å². The predicted octanol–water partition coefficient (Wildman–Crippen LogP) is 5.81. The second-order valence-corrected chi connectivity index (χ2v) is 8.31. The molecule has 0 fully saturated rings. The maximum atomic E-state index is 10.1. The summed E-state index contributed by atoms with van der Waals surface area (Å²) < 4.78 is 0. The van der Waals surface area contributed by atoms with E-state index in [1.165, 1.54) is 32.1 Å². The molecule has 0 heterocycles. The molecule has 0 atom stereocenters. The smallest absolute Gasteiger partial charge is 0.303 e. The van der Waals surface area contributed by atoms with Gasteiger partial charge >= 0.3 is 29.8 Å². The zero-order valence-corrected chi connectivity index (χ0v) is 21.2. The Bertz CT molecular complexity index is 526. The Morgan fingerprint density at radius 1 is 0.343 bits per heavy atom. The molecule has 10 heteroatoms. The first-order valence-electron chi connectivity index (χ1n) is 12.6. The van der Waals surface area contributed by atoms with Gasteiger partial charge in [0.05, 0.1) is 0 Å². The highest BCUT2D eigenvalue weighted by atomic mass is 16.4. The molecule has 10 nitrogen and oxygen atoms in total. The van der Waals surface area contributed by atoms with E-state index in [2.05, 4.69) is 6.92 Å². The van der Waals surface area contributed by atoms with Gasteiger partial charge in [-0.05, 0) is 32.1 Å². The first kappa shape index (κ1) is 36.9. The fourth-order valence-electron chi connectivity index (χ4n) is 2.87. The van der Waals surface area contributed by atoms with Gasteiger partial charge in [-0.15, -0.1) is 0 Å². The van der Waals surface area contributed by atoms with Crippen LogP contribution in [0.5, 0.6) is 0 Å². The van der Waals surface area contributed by atoms with Gasteiger partial charge in [-0.1, -0.05) is 64.7 Å². The molecule has 0 spiro atoms. The van der Waals surface area contributed by atoms with Crippen LogP contribution in [-0.4, -0.2) is 55.4 Å². The largest absolute Gasteiger partial charge is 0.481 e. The minimum atomic E-state index is -0.870. The number of hydrogen-bond donors (Lipinski definition) is 5. The van der Waals surface area contributed by atoms with Gasteiger partial charge in [0.2, 0.25) is 0 Å². The maximum Gasteiger partial charge on any atom is 0.303 e. The second-order valence-electron chi connectivity index (χ2n) is 8.31. The number of aliphatic carboxylic acids is 5. The Labute approximate surface area is 208 Å². The quantitative estimate of drug-likeness (QED) is 0.119. The number of carboxylic acids is 5. The second kappa shape index (κ2) is 29.4. The first-order chi connectivity index (χ1) is 16.5. The molecule has 0 aliphatic rings. The minimum absolute atomic E-state index is 0.0628. The third kappa shape index (κ3) is 49.5. The Hall–Kier alpha value is -2.65. The van der Waals surface area contributed by atoms with Crippen LogP contribution in [-0.2, 0) is 24.0 Å². The molecule has 35 heavy (non-hydrogen) atoms. The van der Waals surface area contributed by atoms with E-state index in [1.807, 2.05) is 0 Å². The number of unbranched alkanes of at least 4 members (excludes halogenated alkanes) is 11. The third-order valence-corrected chi connectivity index (χ3v) is 4.81. The molecule has 0 saturated carbocycles. The van der Waals surface area contributed by atoms with Crippen molar-refractivity contribution in [2.24, 2.45) is 0 Å². The molecule has 0 aliphatic heterocycles. The molecular formula is C25H46O10. The zero-order chi connectivity index (χ0) is 27.3. The highest BCUT2D eigenvalue weighted by Gasteiger charge is 2.00. The van der Waals surface area contributed by atoms with E-state index >= 15 is 0 Å². The molecule has 5 N–H and O–H groups in total. The van der Waals surface area contributed by atoms with E-state index in [9.17, 15) is 24.0 Å². The first-order valence-corrected chi connectivity index (χ1v) is 12.6. The van der Waals surface area contributed by atoms with Gasteiger partial charge in [-0.2, -0.15) is 0 Å². The Balaban J connectivity index is -0.000000443. The van der Waals surface area contributed by atoms with E-state index in [0.29, 0.717) is 32.1 Å². The molecule has 0 radical (unpaired) electrons. The van der Waals surface area contributed by atoms with Crippen molar-refractivity contribution in [3.8, 4) is 0 Å². The molecule has 0 unspecified atom stereocenters. The number of hydrogen-bond acceptors (Lipinski definition) is 5. The van der Waals surface area contributed by atoms with E-state index in [0.717, 1.165) is 32.1 Å². The molecule has 206 valence electrons. The van der Waals surface area contributed by atoms with Crippen molar-refractivity contribution in [3.63, 3.8) is 0 Å². The fraction of sp³-hybridized carbons (Fsp3) is 0.800. The summed E-state index contributed by atoms with van der Waals surface area (Å²) >= 11 is 0. The summed E-state index contributed by atoms with van der Waals surface area (Å²) in [5.74, 6) is -3.92. The van der Waals surface area contributed by atoms with Crippen molar-refractivity contribution in [3.05, 3.63) is 0 Å². The van der Waals surface area contributed by atoms with Crippen molar-refractivity contribution in [1.82, 2.24) is 0 Å². The van der Waals surface area contributed by atoms with Crippen LogP contribution in [0.25, 0.3) is 0 Å². The van der Waals surface area contributed by atoms with E-state index in [-0.39, 0.29) is 25.7 Å². The summed E-state index contributed by atoms with van der Waals surface area (Å²) in [6, 6.07) is 0. The topological polar surface area (TPSA) is 186 Å². The lowest BCUT2D eigenvalue weighted by Gasteiger charge is -1.98. The molecule has 0 bridgehead atoms. The Morgan fingerprint density at radius 3 is 0.714 bits per heavy atom. The third-order valence-electron chi connectivity index (χ3n) is 4.81. The van der Waals surface area contributed by atoms with Crippen LogP contribution >= 0.6 is 0 Å². The molecular weight excluding hydrogens is 460 g/mol. The number of carboxylic acid groups (broad SMARTS) is 5. The zero-order valence-electron chi connectivity index (χ0n) is 21.2. The van der Waals surface area contributed by atoms with E-state index < -0.39 is 29.8 Å². The Kier molecular flexibility index (Phi) is 31.0. The molecule has 0 aromatic heterocycles. The summed E-state index contributed by atoms with van der Waals surface area (Å²) in [4.78, 5) is 50.1. The lowest BCUT2D eigenvalue weighted by atomic mass is 10.1. The number of rotatable bonds is 21. The average molecular weight is 507 g/mol. The van der Waals surface area contributed by atoms with Gasteiger partial charge in [0.15, 0.2) is 0 Å². The van der Waals surface area contributed by atoms with Gasteiger partial charge in [0.1, 0.15) is 0 Å². The van der Waals surface area contributed by atoms with Crippen LogP contribution in [0.2, 0.25) is 0 Å². The monoisotopic (exact) mass is 506 g/mol. The van der Waals surface area contributed by atoms with Gasteiger partial charge in [0.25, 0.3) is 0 Å². The summed E-state index contributed by atoms with van der Waals surface area (Å²) in [6.07, 6.45) is 14.2. The van der Waals surface area contributed by atoms with Crippen LogP contribution in [0.4, 0.5) is 0 Å². The summed E-state index contributed by atoms with van der Waals surface area (Å²) in [5, 5.41) is 41.2. The predicted molar refractivity (Wildman–Crippen MR) is 132 cm³/mol. The maximum absolute atomic E-state index is 10.1. The van der Waals surface area contributed by atoms with Crippen molar-refractivity contribution < 1.29 is 49.5 Å². The van der Waals surface area contributed by atoms with Gasteiger partial charge in [-0.3, -0.25) is 24.0 Å². The summed E-state index contributed by atoms with van der Waals surface area (Å²) in [6.45, 7) is 2.20. The number of carbonyl (C=O) groups is 5. The lowest BCUT2D eigenvalue weighted by molar-refractivity contribution is -0.139. The van der Waals surface area contributed by atoms with Gasteiger partial charge in [-0.25, -0.2) is 0 Å². The Morgan fingerprint density at radius 2 is 0.514 bits per heavy atom. The normalized spacial score (nSPS) is 9.74. The van der Waals surface area contributed by atoms with Gasteiger partial charge < -0.3 is 25.5 Å². The average Bonchev–Trinajstić information content (AvgIpc) is 2.75. The van der Waals surface area contributed by atoms with Gasteiger partial charge in [0, 0.05) is 32.1 Å². The molecule has 0 aromatic rings. The molecule has 0 aromatic carbocycles. The SMILES string of the molecule is CCCCCCCCCC(=O)O.O=C(O)CCCCC(=O)O.O=C(O)CCCCCCCC(=O)O. The van der Waals surface area contributed by atoms with Crippen molar-refractivity contribution in [2.75, 3.05) is 0 Å². The van der Waals surface area contributed by atoms with Crippen LogP contribution in [0.1, 0.15) is 129 Å². The molecule has 0 amide bonds. The van der Waals surface area contributed by atoms with Crippen molar-refractivity contribution in [1.29, 1.82) is 0 Å². The van der Waals surface area contributed by atoms with Crippen LogP contribution < -0.4 is 0 Å². The fourth-order valence-corrected chi connectivity index (χ4v) is 2.87. The van der Waals surface area contributed by atoms with Crippen molar-refractivity contribution >= 4 is 29.8 Å². The minimum Gasteiger partial charge on any atom is -0.481 e. The van der Waals surface area contributed by atoms with E-state index in [1.54, 1.807) is 0 Å². The van der Waals surface area contributed by atoms with Crippen molar-refractivity contribution in [2.45, 2.75) is 129 Å². The highest BCUT2D eigenvalue weighted by Crippen LogP contribution is 2.08. The lowest BCUT2D eigenvalue weighted by Crippen LogP contribution is -1.97. The van der Waals surface area contributed by atoms with Crippen LogP contribution in [0, 0.1) is 0 Å². The summed E-state index contributed by atoms with van der Waals surface area (Å²) in [5.41, 5.74) is 0. The summed E-state index contributed by atoms with van der Waals surface area (Å²) in [7, 11) is 0. The molecule has 0 saturated heterocycles. The van der Waals surface area contributed by atoms with Crippen LogP contribution in [0.15, 0.2) is 0 Å². The molecule has 0 aliphatic carbocycles.